The topological polar surface area (TPSA) is 0 Å². The molecule has 0 aliphatic heterocycles. The van der Waals surface area contributed by atoms with Crippen LogP contribution >= 0.6 is 0 Å². The highest BCUT2D eigenvalue weighted by Crippen LogP contribution is 2.06. The Balaban J connectivity index is 0.000000555. The van der Waals surface area contributed by atoms with E-state index in [2.05, 4.69) is 19.1 Å². The standard InChI is InChI=1S/C12H15FI.BF4/c1-2-3-7-11(13)10-14-12-8-5-4-6-9-12;2-1(3,4)5/h4-6,8-10H,2-3,7H2,1H3;/q+1;-1/b11-10-;. The van der Waals surface area contributed by atoms with Gasteiger partial charge in [0.25, 0.3) is 0 Å². The van der Waals surface area contributed by atoms with Crippen molar-refractivity contribution in [2.24, 2.45) is 0 Å². The molecule has 0 spiro atoms. The van der Waals surface area contributed by atoms with Crippen molar-refractivity contribution < 1.29 is 42.9 Å². The first-order valence-electron chi connectivity index (χ1n) is 5.73. The second-order valence-corrected chi connectivity index (χ2v) is 6.05. The van der Waals surface area contributed by atoms with Gasteiger partial charge in [0.2, 0.25) is 0 Å². The molecule has 7 heteroatoms. The van der Waals surface area contributed by atoms with Crippen molar-refractivity contribution in [3.63, 3.8) is 0 Å². The van der Waals surface area contributed by atoms with Gasteiger partial charge in [-0.3, -0.25) is 0 Å². The first kappa shape index (κ1) is 18.4. The maximum Gasteiger partial charge on any atom is 0.673 e. The average molecular weight is 392 g/mol. The molecule has 0 nitrogen and oxygen atoms in total. The number of hydrogen-bond acceptors (Lipinski definition) is 0. The van der Waals surface area contributed by atoms with Crippen LogP contribution in [-0.2, 0) is 0 Å². The predicted octanol–water partition coefficient (Wildman–Crippen LogP) is 2.25. The first-order valence-corrected chi connectivity index (χ1v) is 8.05. The molecule has 0 saturated heterocycles. The van der Waals surface area contributed by atoms with Gasteiger partial charge in [0.15, 0.2) is 7.65 Å². The lowest BCUT2D eigenvalue weighted by atomic mass is 10.2. The summed E-state index contributed by atoms with van der Waals surface area (Å²) >= 11 is -0.268. The molecule has 0 atom stereocenters. The van der Waals surface area contributed by atoms with Crippen molar-refractivity contribution in [1.29, 1.82) is 0 Å². The van der Waals surface area contributed by atoms with Gasteiger partial charge in [-0.2, -0.15) is 0 Å². The number of rotatable bonds is 5. The van der Waals surface area contributed by atoms with Gasteiger partial charge in [-0.05, 0) is 18.6 Å². The van der Waals surface area contributed by atoms with Crippen molar-refractivity contribution >= 4 is 7.25 Å². The summed E-state index contributed by atoms with van der Waals surface area (Å²) in [6.07, 6.45) is 2.63. The summed E-state index contributed by atoms with van der Waals surface area (Å²) in [4.78, 5) is 0. The molecule has 0 radical (unpaired) electrons. The summed E-state index contributed by atoms with van der Waals surface area (Å²) in [5, 5.41) is 0. The van der Waals surface area contributed by atoms with Gasteiger partial charge < -0.3 is 17.3 Å². The summed E-state index contributed by atoms with van der Waals surface area (Å²) in [5.74, 6) is 0.0727. The summed E-state index contributed by atoms with van der Waals surface area (Å²) < 4.78 is 55.2. The highest BCUT2D eigenvalue weighted by Gasteiger charge is 2.20. The van der Waals surface area contributed by atoms with Crippen molar-refractivity contribution in [2.45, 2.75) is 26.2 Å². The van der Waals surface area contributed by atoms with E-state index in [1.54, 1.807) is 4.08 Å². The second-order valence-electron chi connectivity index (χ2n) is 3.56. The molecule has 0 saturated carbocycles. The van der Waals surface area contributed by atoms with E-state index in [1.807, 2.05) is 18.2 Å². The molecule has 1 aromatic carbocycles. The Morgan fingerprint density at radius 2 is 1.68 bits per heavy atom. The van der Waals surface area contributed by atoms with Gasteiger partial charge in [-0.25, -0.2) is 4.39 Å². The van der Waals surface area contributed by atoms with Gasteiger partial charge in [-0.15, -0.1) is 0 Å². The molecule has 0 aliphatic carbocycles. The smallest absolute Gasteiger partial charge is 0.418 e. The largest absolute Gasteiger partial charge is 0.673 e. The van der Waals surface area contributed by atoms with Crippen LogP contribution in [0.2, 0.25) is 0 Å². The Labute approximate surface area is 120 Å². The Hall–Kier alpha value is -0.595. The molecule has 0 aromatic heterocycles. The maximum absolute atomic E-state index is 13.2. The fraction of sp³-hybridized carbons (Fsp3) is 0.333. The van der Waals surface area contributed by atoms with E-state index in [9.17, 15) is 21.7 Å². The van der Waals surface area contributed by atoms with Crippen LogP contribution in [0.15, 0.2) is 40.2 Å². The van der Waals surface area contributed by atoms with Crippen molar-refractivity contribution in [2.75, 3.05) is 0 Å². The van der Waals surface area contributed by atoms with E-state index in [4.69, 9.17) is 0 Å². The Morgan fingerprint density at radius 3 is 2.16 bits per heavy atom. The molecule has 0 bridgehead atoms. The predicted molar refractivity (Wildman–Crippen MR) is 64.0 cm³/mol. The third-order valence-corrected chi connectivity index (χ3v) is 4.23. The fourth-order valence-electron chi connectivity index (χ4n) is 1.01. The molecule has 0 heterocycles. The number of benzene rings is 1. The minimum absolute atomic E-state index is 0.0727. The normalized spacial score (nSPS) is 11.8. The van der Waals surface area contributed by atoms with Crippen LogP contribution in [-0.4, -0.2) is 7.25 Å². The minimum atomic E-state index is -6.00. The Kier molecular flexibility index (Phi) is 9.90. The summed E-state index contributed by atoms with van der Waals surface area (Å²) in [5.41, 5.74) is 0. The van der Waals surface area contributed by atoms with E-state index in [0.717, 1.165) is 12.8 Å². The number of hydrogen-bond donors (Lipinski definition) is 0. The zero-order valence-corrected chi connectivity index (χ0v) is 12.6. The molecule has 1 aromatic rings. The van der Waals surface area contributed by atoms with E-state index < -0.39 is 7.25 Å². The SMILES string of the molecule is CCCC/C(F)=C/[I+]c1ccccc1.F[B-](F)(F)F. The lowest BCUT2D eigenvalue weighted by Crippen LogP contribution is -3.59. The molecule has 108 valence electrons. The molecule has 0 fully saturated rings. The Bertz CT molecular complexity index is 358. The van der Waals surface area contributed by atoms with Crippen LogP contribution in [0, 0.1) is 3.57 Å². The first-order chi connectivity index (χ1) is 8.83. The number of unbranched alkanes of at least 4 members (excludes halogenated alkanes) is 1. The van der Waals surface area contributed by atoms with E-state index in [1.165, 1.54) is 3.57 Å². The zero-order chi connectivity index (χ0) is 14.7. The summed E-state index contributed by atoms with van der Waals surface area (Å²) in [6.45, 7) is 2.08. The van der Waals surface area contributed by atoms with E-state index in [-0.39, 0.29) is 27.0 Å². The third kappa shape index (κ3) is 15.3. The van der Waals surface area contributed by atoms with E-state index >= 15 is 0 Å². The second kappa shape index (κ2) is 10.2. The van der Waals surface area contributed by atoms with Gasteiger partial charge >= 0.3 is 28.5 Å². The molecule has 0 unspecified atom stereocenters. The van der Waals surface area contributed by atoms with Crippen LogP contribution in [0.1, 0.15) is 26.2 Å². The summed E-state index contributed by atoms with van der Waals surface area (Å²) in [7, 11) is -6.00. The quantitative estimate of drug-likeness (QED) is 0.410. The highest BCUT2D eigenvalue weighted by molar-refractivity contribution is 6.50. The minimum Gasteiger partial charge on any atom is -0.418 e. The summed E-state index contributed by atoms with van der Waals surface area (Å²) in [6, 6.07) is 10.1. The van der Waals surface area contributed by atoms with Gasteiger partial charge in [0, 0.05) is 6.42 Å². The van der Waals surface area contributed by atoms with Crippen LogP contribution in [0.5, 0.6) is 0 Å². The molecule has 0 aliphatic rings. The van der Waals surface area contributed by atoms with Gasteiger partial charge in [0.1, 0.15) is 5.83 Å². The lowest BCUT2D eigenvalue weighted by Gasteiger charge is -1.94. The van der Waals surface area contributed by atoms with Crippen LogP contribution in [0.4, 0.5) is 21.7 Å². The van der Waals surface area contributed by atoms with Crippen LogP contribution < -0.4 is 21.2 Å². The average Bonchev–Trinajstić information content (AvgIpc) is 2.33. The van der Waals surface area contributed by atoms with Crippen molar-refractivity contribution in [3.8, 4) is 0 Å². The molecule has 0 amide bonds. The fourth-order valence-corrected chi connectivity index (χ4v) is 2.85. The van der Waals surface area contributed by atoms with Gasteiger partial charge in [-0.1, -0.05) is 31.5 Å². The van der Waals surface area contributed by atoms with Crippen molar-refractivity contribution in [3.05, 3.63) is 43.8 Å². The molecule has 0 N–H and O–H groups in total. The zero-order valence-electron chi connectivity index (χ0n) is 10.4. The Morgan fingerprint density at radius 1 is 1.16 bits per heavy atom. The maximum atomic E-state index is 13.2. The lowest BCUT2D eigenvalue weighted by molar-refractivity contribution is -0.558. The third-order valence-electron chi connectivity index (χ3n) is 1.80. The molecular formula is C12H15BF5I. The van der Waals surface area contributed by atoms with Crippen LogP contribution in [0.25, 0.3) is 0 Å². The number of allylic oxidation sites excluding steroid dienone is 1. The van der Waals surface area contributed by atoms with Crippen LogP contribution in [0.3, 0.4) is 0 Å². The van der Waals surface area contributed by atoms with E-state index in [0.29, 0.717) is 6.42 Å². The van der Waals surface area contributed by atoms with Crippen molar-refractivity contribution in [1.82, 2.24) is 0 Å². The molecule has 1 rings (SSSR count). The number of halogens is 6. The monoisotopic (exact) mass is 392 g/mol. The molecular weight excluding hydrogens is 377 g/mol. The highest BCUT2D eigenvalue weighted by atomic mass is 127. The molecule has 19 heavy (non-hydrogen) atoms. The van der Waals surface area contributed by atoms with Gasteiger partial charge in [0.05, 0.1) is 0 Å².